The third-order valence-electron chi connectivity index (χ3n) is 5.12. The van der Waals surface area contributed by atoms with E-state index in [4.69, 9.17) is 0 Å². The molecule has 1 aromatic heterocycles. The Kier molecular flexibility index (Phi) is 5.70. The largest absolute Gasteiger partial charge is 0.340 e. The van der Waals surface area contributed by atoms with E-state index in [0.717, 1.165) is 33.3 Å². The van der Waals surface area contributed by atoms with Gasteiger partial charge in [-0.2, -0.15) is 5.10 Å². The van der Waals surface area contributed by atoms with Crippen LogP contribution in [0.15, 0.2) is 84.0 Å². The zero-order valence-electron chi connectivity index (χ0n) is 16.7. The SMILES string of the molecule is Cc1c(/C=N\NC(=O)Cc2ccccc2)c2ccccc2n1Cc1ccc(F)cc1. The summed E-state index contributed by atoms with van der Waals surface area (Å²) in [4.78, 5) is 12.2. The van der Waals surface area contributed by atoms with Crippen molar-refractivity contribution in [2.75, 3.05) is 0 Å². The second-order valence-corrected chi connectivity index (χ2v) is 7.18. The van der Waals surface area contributed by atoms with Crippen LogP contribution in [0.5, 0.6) is 0 Å². The lowest BCUT2D eigenvalue weighted by molar-refractivity contribution is -0.120. The van der Waals surface area contributed by atoms with E-state index in [0.29, 0.717) is 6.54 Å². The van der Waals surface area contributed by atoms with Crippen molar-refractivity contribution in [1.29, 1.82) is 0 Å². The molecule has 0 unspecified atom stereocenters. The van der Waals surface area contributed by atoms with E-state index < -0.39 is 0 Å². The molecule has 1 heterocycles. The highest BCUT2D eigenvalue weighted by Gasteiger charge is 2.13. The Labute approximate surface area is 174 Å². The van der Waals surface area contributed by atoms with Gasteiger partial charge in [0.2, 0.25) is 5.91 Å². The van der Waals surface area contributed by atoms with E-state index in [1.807, 2.05) is 55.5 Å². The molecule has 5 heteroatoms. The van der Waals surface area contributed by atoms with Crippen LogP contribution < -0.4 is 5.43 Å². The van der Waals surface area contributed by atoms with Crippen molar-refractivity contribution in [3.05, 3.63) is 107 Å². The molecule has 1 amide bonds. The molecule has 30 heavy (non-hydrogen) atoms. The Morgan fingerprint density at radius 2 is 1.67 bits per heavy atom. The van der Waals surface area contributed by atoms with Crippen LogP contribution in [0, 0.1) is 12.7 Å². The molecule has 1 N–H and O–H groups in total. The van der Waals surface area contributed by atoms with Gasteiger partial charge < -0.3 is 4.57 Å². The van der Waals surface area contributed by atoms with Crippen LogP contribution in [-0.2, 0) is 17.8 Å². The lowest BCUT2D eigenvalue weighted by atomic mass is 10.1. The van der Waals surface area contributed by atoms with Gasteiger partial charge in [0, 0.05) is 28.7 Å². The van der Waals surface area contributed by atoms with E-state index in [9.17, 15) is 9.18 Å². The number of hydrazone groups is 1. The molecule has 0 saturated heterocycles. The smallest absolute Gasteiger partial charge is 0.244 e. The van der Waals surface area contributed by atoms with Crippen molar-refractivity contribution in [2.45, 2.75) is 19.9 Å². The number of amides is 1. The number of carbonyl (C=O) groups is 1. The maximum Gasteiger partial charge on any atom is 0.244 e. The number of halogens is 1. The zero-order valence-corrected chi connectivity index (χ0v) is 16.7. The first-order valence-electron chi connectivity index (χ1n) is 9.80. The summed E-state index contributed by atoms with van der Waals surface area (Å²) >= 11 is 0. The predicted octanol–water partition coefficient (Wildman–Crippen LogP) is 4.83. The molecule has 4 rings (SSSR count). The third-order valence-corrected chi connectivity index (χ3v) is 5.12. The number of hydrogen-bond donors (Lipinski definition) is 1. The van der Waals surface area contributed by atoms with E-state index in [-0.39, 0.29) is 18.1 Å². The van der Waals surface area contributed by atoms with Crippen molar-refractivity contribution in [1.82, 2.24) is 9.99 Å². The number of rotatable bonds is 6. The minimum atomic E-state index is -0.244. The van der Waals surface area contributed by atoms with Gasteiger partial charge in [0.25, 0.3) is 0 Å². The number of fused-ring (bicyclic) bond motifs is 1. The summed E-state index contributed by atoms with van der Waals surface area (Å²) in [7, 11) is 0. The maximum absolute atomic E-state index is 13.2. The summed E-state index contributed by atoms with van der Waals surface area (Å²) in [6.07, 6.45) is 1.98. The molecule has 0 atom stereocenters. The average molecular weight is 399 g/mol. The summed E-state index contributed by atoms with van der Waals surface area (Å²) in [5, 5.41) is 5.25. The van der Waals surface area contributed by atoms with Crippen LogP contribution in [0.1, 0.15) is 22.4 Å². The molecular formula is C25H22FN3O. The first-order chi connectivity index (χ1) is 14.6. The van der Waals surface area contributed by atoms with Crippen LogP contribution in [0.2, 0.25) is 0 Å². The molecule has 3 aromatic carbocycles. The van der Waals surface area contributed by atoms with E-state index in [1.165, 1.54) is 12.1 Å². The molecule has 0 aliphatic rings. The molecule has 0 bridgehead atoms. The normalized spacial score (nSPS) is 11.3. The molecular weight excluding hydrogens is 377 g/mol. The van der Waals surface area contributed by atoms with E-state index in [1.54, 1.807) is 18.3 Å². The van der Waals surface area contributed by atoms with Crippen LogP contribution >= 0.6 is 0 Å². The second kappa shape index (κ2) is 8.74. The standard InChI is InChI=1S/C25H22FN3O/c1-18-23(16-27-28-25(30)15-19-7-3-2-4-8-19)22-9-5-6-10-24(22)29(18)17-20-11-13-21(26)14-12-20/h2-14,16H,15,17H2,1H3,(H,28,30)/b27-16-. The first kappa shape index (κ1) is 19.6. The fraction of sp³-hybridized carbons (Fsp3) is 0.120. The Bertz CT molecular complexity index is 1190. The molecule has 4 nitrogen and oxygen atoms in total. The molecule has 0 spiro atoms. The average Bonchev–Trinajstić information content (AvgIpc) is 3.02. The highest BCUT2D eigenvalue weighted by atomic mass is 19.1. The van der Waals surface area contributed by atoms with Gasteiger partial charge in [-0.25, -0.2) is 9.82 Å². The summed E-state index contributed by atoms with van der Waals surface area (Å²) in [5.41, 5.74) is 7.62. The quantitative estimate of drug-likeness (QED) is 0.366. The van der Waals surface area contributed by atoms with E-state index >= 15 is 0 Å². The first-order valence-corrected chi connectivity index (χ1v) is 9.80. The molecule has 0 saturated carbocycles. The minimum Gasteiger partial charge on any atom is -0.340 e. The number of benzene rings is 3. The van der Waals surface area contributed by atoms with Gasteiger partial charge in [-0.05, 0) is 36.2 Å². The summed E-state index contributed by atoms with van der Waals surface area (Å²) in [5.74, 6) is -0.406. The highest BCUT2D eigenvalue weighted by molar-refractivity contribution is 6.01. The summed E-state index contributed by atoms with van der Waals surface area (Å²) in [6.45, 7) is 2.65. The van der Waals surface area contributed by atoms with Gasteiger partial charge >= 0.3 is 0 Å². The van der Waals surface area contributed by atoms with Crippen LogP contribution in [0.4, 0.5) is 4.39 Å². The number of para-hydroxylation sites is 1. The van der Waals surface area contributed by atoms with Crippen molar-refractivity contribution < 1.29 is 9.18 Å². The number of aromatic nitrogens is 1. The van der Waals surface area contributed by atoms with Crippen molar-refractivity contribution >= 4 is 23.0 Å². The molecule has 0 aliphatic heterocycles. The Balaban J connectivity index is 1.56. The number of hydrogen-bond acceptors (Lipinski definition) is 2. The summed E-state index contributed by atoms with van der Waals surface area (Å²) < 4.78 is 15.4. The lowest BCUT2D eigenvalue weighted by Crippen LogP contribution is -2.19. The fourth-order valence-electron chi connectivity index (χ4n) is 3.59. The number of carbonyl (C=O) groups excluding carboxylic acids is 1. The Morgan fingerprint density at radius 1 is 0.967 bits per heavy atom. The van der Waals surface area contributed by atoms with Gasteiger partial charge in [-0.3, -0.25) is 4.79 Å². The minimum absolute atomic E-state index is 0.162. The van der Waals surface area contributed by atoms with Crippen molar-refractivity contribution in [3.63, 3.8) is 0 Å². The summed E-state index contributed by atoms with van der Waals surface area (Å²) in [6, 6.07) is 24.2. The van der Waals surface area contributed by atoms with Crippen LogP contribution in [0.3, 0.4) is 0 Å². The predicted molar refractivity (Wildman–Crippen MR) is 118 cm³/mol. The molecule has 0 aliphatic carbocycles. The Hall–Kier alpha value is -3.73. The van der Waals surface area contributed by atoms with Crippen LogP contribution in [0.25, 0.3) is 10.9 Å². The Morgan fingerprint density at radius 3 is 2.43 bits per heavy atom. The van der Waals surface area contributed by atoms with Gasteiger partial charge in [0.15, 0.2) is 0 Å². The van der Waals surface area contributed by atoms with E-state index in [2.05, 4.69) is 21.2 Å². The highest BCUT2D eigenvalue weighted by Crippen LogP contribution is 2.25. The fourth-order valence-corrected chi connectivity index (χ4v) is 3.59. The number of nitrogens with one attached hydrogen (secondary N) is 1. The zero-order chi connectivity index (χ0) is 20.9. The van der Waals surface area contributed by atoms with Gasteiger partial charge in [-0.1, -0.05) is 60.7 Å². The van der Waals surface area contributed by atoms with Crippen molar-refractivity contribution in [3.8, 4) is 0 Å². The maximum atomic E-state index is 13.2. The molecule has 4 aromatic rings. The van der Waals surface area contributed by atoms with Gasteiger partial charge in [0.1, 0.15) is 5.82 Å². The molecule has 0 radical (unpaired) electrons. The topological polar surface area (TPSA) is 46.4 Å². The van der Waals surface area contributed by atoms with Gasteiger partial charge in [0.05, 0.1) is 12.6 Å². The van der Waals surface area contributed by atoms with Crippen molar-refractivity contribution in [2.24, 2.45) is 5.10 Å². The molecule has 0 fully saturated rings. The third kappa shape index (κ3) is 4.30. The molecule has 150 valence electrons. The second-order valence-electron chi connectivity index (χ2n) is 7.18. The number of nitrogens with zero attached hydrogens (tertiary/aromatic N) is 2. The van der Waals surface area contributed by atoms with Gasteiger partial charge in [-0.15, -0.1) is 0 Å². The monoisotopic (exact) mass is 399 g/mol. The lowest BCUT2D eigenvalue weighted by Gasteiger charge is -2.08. The van der Waals surface area contributed by atoms with Crippen LogP contribution in [-0.4, -0.2) is 16.7 Å².